The van der Waals surface area contributed by atoms with E-state index in [4.69, 9.17) is 26.1 Å². The number of phenols is 1. The molecule has 13 heteroatoms. The van der Waals surface area contributed by atoms with Gasteiger partial charge in [-0.25, -0.2) is 9.97 Å². The fraction of sp³-hybridized carbons (Fsp3) is 0.269. The molecule has 1 aliphatic rings. The van der Waals surface area contributed by atoms with Gasteiger partial charge in [0.25, 0.3) is 11.8 Å². The number of carbonyl (C=O) groups excluding carboxylic acids is 2. The van der Waals surface area contributed by atoms with E-state index < -0.39 is 11.8 Å². The van der Waals surface area contributed by atoms with E-state index in [2.05, 4.69) is 27.4 Å². The van der Waals surface area contributed by atoms with Crippen molar-refractivity contribution in [3.63, 3.8) is 0 Å². The second-order valence-electron chi connectivity index (χ2n) is 15.9. The van der Waals surface area contributed by atoms with Gasteiger partial charge in [-0.05, 0) is 84.1 Å². The van der Waals surface area contributed by atoms with Crippen LogP contribution in [0.5, 0.6) is 11.5 Å². The number of ether oxygens (including phenoxy) is 2. The molecule has 6 aromatic rings. The molecule has 0 spiro atoms. The highest BCUT2D eigenvalue weighted by molar-refractivity contribution is 6.35. The van der Waals surface area contributed by atoms with Gasteiger partial charge in [0.2, 0.25) is 0 Å². The maximum atomic E-state index is 13.3. The van der Waals surface area contributed by atoms with Crippen LogP contribution in [0.1, 0.15) is 85.8 Å². The molecule has 4 aromatic carbocycles. The van der Waals surface area contributed by atoms with Gasteiger partial charge in [0.1, 0.15) is 46.9 Å². The number of nitrogens with zero attached hydrogens (tertiary/aromatic N) is 5. The van der Waals surface area contributed by atoms with Crippen molar-refractivity contribution in [1.29, 1.82) is 10.5 Å². The number of carbonyl (C=O) groups is 2. The first kappa shape index (κ1) is 45.9. The number of nitriles is 2. The monoisotopic (exact) mass is 887 g/mol. The van der Waals surface area contributed by atoms with E-state index >= 15 is 0 Å². The summed E-state index contributed by atoms with van der Waals surface area (Å²) in [4.78, 5) is 38.0. The first-order valence-corrected chi connectivity index (χ1v) is 22.2. The number of morpholine rings is 1. The minimum atomic E-state index is -0.508. The van der Waals surface area contributed by atoms with Gasteiger partial charge in [-0.15, -0.1) is 0 Å². The number of fused-ring (bicyclic) bond motifs is 2. The molecule has 1 fully saturated rings. The van der Waals surface area contributed by atoms with Crippen LogP contribution >= 0.6 is 11.6 Å². The molecular weight excluding hydrogens is 838 g/mol. The van der Waals surface area contributed by atoms with Crippen LogP contribution in [0.25, 0.3) is 34.0 Å². The van der Waals surface area contributed by atoms with Crippen molar-refractivity contribution in [2.24, 2.45) is 0 Å². The number of aromatic nitrogens is 2. The van der Waals surface area contributed by atoms with E-state index in [9.17, 15) is 25.2 Å². The Morgan fingerprint density at radius 3 is 2.06 bits per heavy atom. The van der Waals surface area contributed by atoms with Gasteiger partial charge in [0.05, 0.1) is 46.7 Å². The number of pyridine rings is 2. The van der Waals surface area contributed by atoms with Gasteiger partial charge in [0, 0.05) is 30.4 Å². The van der Waals surface area contributed by atoms with Crippen molar-refractivity contribution in [1.82, 2.24) is 25.5 Å². The summed E-state index contributed by atoms with van der Waals surface area (Å²) in [5.74, 6) is -0.245. The number of hydrogen-bond donors (Lipinski definition) is 3. The van der Waals surface area contributed by atoms with E-state index in [1.54, 1.807) is 30.3 Å². The van der Waals surface area contributed by atoms with Crippen LogP contribution in [0.3, 0.4) is 0 Å². The second-order valence-corrected chi connectivity index (χ2v) is 16.3. The number of benzene rings is 4. The number of hydrogen-bond acceptors (Lipinski definition) is 10. The van der Waals surface area contributed by atoms with Crippen molar-refractivity contribution in [2.75, 3.05) is 32.8 Å². The van der Waals surface area contributed by atoms with Crippen molar-refractivity contribution >= 4 is 57.4 Å². The summed E-state index contributed by atoms with van der Waals surface area (Å²) in [7, 11) is 0. The molecule has 12 nitrogen and oxygen atoms in total. The summed E-state index contributed by atoms with van der Waals surface area (Å²) in [6.45, 7) is 7.12. The average molecular weight is 888 g/mol. The fourth-order valence-corrected chi connectivity index (χ4v) is 8.17. The molecule has 0 saturated carbocycles. The highest BCUT2D eigenvalue weighted by Crippen LogP contribution is 2.31. The minimum absolute atomic E-state index is 0.0240. The van der Waals surface area contributed by atoms with Crippen LogP contribution in [0, 0.1) is 22.7 Å². The average Bonchev–Trinajstić information content (AvgIpc) is 3.33. The fourth-order valence-electron chi connectivity index (χ4n) is 7.89. The van der Waals surface area contributed by atoms with Gasteiger partial charge in [-0.2, -0.15) is 10.5 Å². The summed E-state index contributed by atoms with van der Waals surface area (Å²) in [6, 6.07) is 37.0. The van der Waals surface area contributed by atoms with Crippen molar-refractivity contribution in [3.8, 4) is 23.6 Å². The van der Waals surface area contributed by atoms with E-state index in [0.29, 0.717) is 65.9 Å². The molecule has 0 aliphatic carbocycles. The quantitative estimate of drug-likeness (QED) is 0.0591. The Balaban J connectivity index is 0.933. The Morgan fingerprint density at radius 2 is 1.43 bits per heavy atom. The minimum Gasteiger partial charge on any atom is -0.506 e. The zero-order valence-corrected chi connectivity index (χ0v) is 37.1. The Hall–Kier alpha value is -7.09. The molecule has 2 amide bonds. The van der Waals surface area contributed by atoms with Crippen LogP contribution < -0.4 is 15.4 Å². The lowest BCUT2D eigenvalue weighted by Gasteiger charge is -2.33. The van der Waals surface area contributed by atoms with Crippen LogP contribution in [0.2, 0.25) is 5.02 Å². The zero-order valence-electron chi connectivity index (χ0n) is 36.3. The molecule has 1 saturated heterocycles. The Kier molecular flexibility index (Phi) is 15.5. The molecule has 2 unspecified atom stereocenters. The topological polar surface area (TPSA) is 173 Å². The molecule has 65 heavy (non-hydrogen) atoms. The molecule has 0 bridgehead atoms. The molecule has 0 radical (unpaired) electrons. The summed E-state index contributed by atoms with van der Waals surface area (Å²) in [5, 5.41) is 38.0. The lowest BCUT2D eigenvalue weighted by Crippen LogP contribution is -2.40. The molecule has 1 aliphatic heterocycles. The summed E-state index contributed by atoms with van der Waals surface area (Å²) < 4.78 is 12.3. The Morgan fingerprint density at radius 1 is 0.815 bits per heavy atom. The van der Waals surface area contributed by atoms with E-state index in [1.165, 1.54) is 12.2 Å². The number of amides is 2. The number of halogens is 1. The number of phenolic OH excluding ortho intramolecular Hbond substituents is 1. The summed E-state index contributed by atoms with van der Waals surface area (Å²) in [6.07, 6.45) is 5.77. The van der Waals surface area contributed by atoms with E-state index in [0.717, 1.165) is 53.3 Å². The molecule has 2 aromatic heterocycles. The normalized spacial score (nSPS) is 15.4. The Bertz CT molecular complexity index is 2800. The molecule has 7 rings (SSSR count). The van der Waals surface area contributed by atoms with Gasteiger partial charge in [0.15, 0.2) is 0 Å². The number of para-hydroxylation sites is 1. The maximum Gasteiger partial charge on any atom is 0.262 e. The third kappa shape index (κ3) is 11.7. The van der Waals surface area contributed by atoms with Gasteiger partial charge in [-0.1, -0.05) is 105 Å². The van der Waals surface area contributed by atoms with Crippen molar-refractivity contribution < 1.29 is 24.2 Å². The SMILES string of the molecule is CCCC(NC(=O)/C(C#N)=C/c1ccc2cccc(O)c2n1)c1ccc(OCCN2CCOC(c3cc(Cl)c4nc(/C=C(\C#N)C(=O)N[C@@H](CCC)c5ccccc5)ccc4c3)C2)cc1. The lowest BCUT2D eigenvalue weighted by atomic mass is 10.0. The standard InChI is InChI=1S/C52H50ClN7O5/c1-3-9-45(34-11-6-5-7-12-34)58-51(62)39(31-54)28-41-20-16-37-27-38(30-44(53)49(37)56-41)48-33-60(24-26-65-48)23-25-64-43-21-17-35(18-22-43)46(10-4-2)59-52(63)40(32-55)29-42-19-15-36-13-8-14-47(61)50(36)57-42/h5-8,11-22,27-30,45-46,48,61H,3-4,9-10,23-26,33H2,1-2H3,(H,58,62)(H,59,63)/b39-28+,40-29+/t45-,46?,48?/m0/s1. The third-order valence-electron chi connectivity index (χ3n) is 11.3. The molecule has 330 valence electrons. The van der Waals surface area contributed by atoms with Crippen LogP contribution in [-0.4, -0.2) is 64.6 Å². The van der Waals surface area contributed by atoms with Gasteiger partial charge >= 0.3 is 0 Å². The maximum absolute atomic E-state index is 13.3. The van der Waals surface area contributed by atoms with E-state index in [1.807, 2.05) is 97.9 Å². The molecule has 3 heterocycles. The number of nitrogens with one attached hydrogen (secondary N) is 2. The number of rotatable bonds is 17. The summed E-state index contributed by atoms with van der Waals surface area (Å²) in [5.41, 5.74) is 4.46. The molecular formula is C52H50ClN7O5. The second kappa shape index (κ2) is 22.0. The number of aromatic hydroxyl groups is 1. The largest absolute Gasteiger partial charge is 0.506 e. The smallest absolute Gasteiger partial charge is 0.262 e. The summed E-state index contributed by atoms with van der Waals surface area (Å²) >= 11 is 6.83. The predicted octanol–water partition coefficient (Wildman–Crippen LogP) is 9.72. The lowest BCUT2D eigenvalue weighted by molar-refractivity contribution is -0.118. The van der Waals surface area contributed by atoms with Crippen LogP contribution in [-0.2, 0) is 14.3 Å². The van der Waals surface area contributed by atoms with Gasteiger partial charge in [-0.3, -0.25) is 14.5 Å². The molecule has 3 N–H and O–H groups in total. The van der Waals surface area contributed by atoms with Crippen molar-refractivity contribution in [3.05, 3.63) is 153 Å². The highest BCUT2D eigenvalue weighted by Gasteiger charge is 2.24. The van der Waals surface area contributed by atoms with Crippen LogP contribution in [0.15, 0.2) is 120 Å². The highest BCUT2D eigenvalue weighted by atomic mass is 35.5. The van der Waals surface area contributed by atoms with E-state index in [-0.39, 0.29) is 35.1 Å². The molecule has 3 atom stereocenters. The van der Waals surface area contributed by atoms with Gasteiger partial charge < -0.3 is 25.2 Å². The predicted molar refractivity (Wildman–Crippen MR) is 252 cm³/mol. The van der Waals surface area contributed by atoms with Crippen molar-refractivity contribution in [2.45, 2.75) is 57.7 Å². The zero-order chi connectivity index (χ0) is 45.7. The first-order chi connectivity index (χ1) is 31.7. The van der Waals surface area contributed by atoms with Crippen LogP contribution in [0.4, 0.5) is 0 Å². The first-order valence-electron chi connectivity index (χ1n) is 21.8. The third-order valence-corrected chi connectivity index (χ3v) is 11.6. The Labute approximate surface area is 383 Å².